The number of carboxylic acid groups (broad SMARTS) is 1. The normalized spacial score (nSPS) is 24.8. The molecule has 5 heteroatoms. The molecule has 104 valence electrons. The molecule has 0 aromatic heterocycles. The van der Waals surface area contributed by atoms with Gasteiger partial charge in [-0.3, -0.25) is 4.79 Å². The van der Waals surface area contributed by atoms with E-state index in [4.69, 9.17) is 9.84 Å². The molecule has 0 aliphatic carbocycles. The van der Waals surface area contributed by atoms with E-state index in [-0.39, 0.29) is 24.3 Å². The quantitative estimate of drug-likeness (QED) is 0.824. The molecule has 0 saturated carbocycles. The van der Waals surface area contributed by atoms with Crippen molar-refractivity contribution in [1.82, 2.24) is 4.90 Å². The van der Waals surface area contributed by atoms with Crippen LogP contribution in [-0.2, 0) is 9.53 Å². The first-order valence-corrected chi connectivity index (χ1v) is 6.39. The van der Waals surface area contributed by atoms with Crippen molar-refractivity contribution < 1.29 is 19.4 Å². The van der Waals surface area contributed by atoms with E-state index >= 15 is 0 Å². The van der Waals surface area contributed by atoms with E-state index in [1.165, 1.54) is 0 Å². The summed E-state index contributed by atoms with van der Waals surface area (Å²) >= 11 is 0. The number of hydrogen-bond acceptors (Lipinski definition) is 3. The summed E-state index contributed by atoms with van der Waals surface area (Å²) in [4.78, 5) is 24.3. The third kappa shape index (κ3) is 4.55. The summed E-state index contributed by atoms with van der Waals surface area (Å²) in [6.07, 6.45) is 0.610. The van der Waals surface area contributed by atoms with Crippen molar-refractivity contribution in [3.63, 3.8) is 0 Å². The predicted octanol–water partition coefficient (Wildman–Crippen LogP) is 2.35. The zero-order valence-electron chi connectivity index (χ0n) is 11.6. The predicted molar refractivity (Wildman–Crippen MR) is 67.3 cm³/mol. The fourth-order valence-corrected chi connectivity index (χ4v) is 2.21. The average molecular weight is 257 g/mol. The van der Waals surface area contributed by atoms with Gasteiger partial charge in [0.05, 0.1) is 0 Å². The molecule has 1 amide bonds. The van der Waals surface area contributed by atoms with Gasteiger partial charge in [-0.2, -0.15) is 0 Å². The summed E-state index contributed by atoms with van der Waals surface area (Å²) in [5.74, 6) is -0.416. The smallest absolute Gasteiger partial charge is 0.410 e. The van der Waals surface area contributed by atoms with Gasteiger partial charge in [0.1, 0.15) is 5.60 Å². The molecule has 1 aliphatic rings. The molecule has 18 heavy (non-hydrogen) atoms. The van der Waals surface area contributed by atoms with Gasteiger partial charge < -0.3 is 14.7 Å². The van der Waals surface area contributed by atoms with Crippen molar-refractivity contribution in [3.8, 4) is 0 Å². The van der Waals surface area contributed by atoms with E-state index in [2.05, 4.69) is 0 Å². The first-order chi connectivity index (χ1) is 8.19. The van der Waals surface area contributed by atoms with Crippen molar-refractivity contribution in [3.05, 3.63) is 0 Å². The van der Waals surface area contributed by atoms with Crippen molar-refractivity contribution in [2.75, 3.05) is 13.1 Å². The maximum atomic E-state index is 11.9. The van der Waals surface area contributed by atoms with E-state index in [1.54, 1.807) is 4.90 Å². The fourth-order valence-electron chi connectivity index (χ4n) is 2.21. The Labute approximate surface area is 108 Å². The van der Waals surface area contributed by atoms with Crippen LogP contribution in [0.1, 0.15) is 40.5 Å². The Morgan fingerprint density at radius 1 is 1.39 bits per heavy atom. The number of amides is 1. The number of piperidine rings is 1. The Hall–Kier alpha value is -1.26. The van der Waals surface area contributed by atoms with Crippen LogP contribution in [0.3, 0.4) is 0 Å². The van der Waals surface area contributed by atoms with Crippen LogP contribution in [0.25, 0.3) is 0 Å². The second kappa shape index (κ2) is 5.59. The molecule has 5 nitrogen and oxygen atoms in total. The molecule has 2 atom stereocenters. The maximum absolute atomic E-state index is 11.9. The van der Waals surface area contributed by atoms with Gasteiger partial charge in [0, 0.05) is 19.5 Å². The van der Waals surface area contributed by atoms with Crippen molar-refractivity contribution in [1.29, 1.82) is 0 Å². The van der Waals surface area contributed by atoms with E-state index < -0.39 is 11.6 Å². The van der Waals surface area contributed by atoms with Crippen LogP contribution in [0.5, 0.6) is 0 Å². The second-order valence-corrected chi connectivity index (χ2v) is 6.05. The monoisotopic (exact) mass is 257 g/mol. The van der Waals surface area contributed by atoms with Crippen molar-refractivity contribution in [2.24, 2.45) is 11.8 Å². The SMILES string of the molecule is CC1CN(C(=O)OC(C)(C)C)CCC1CC(=O)O. The Kier molecular flexibility index (Phi) is 4.59. The zero-order chi connectivity index (χ0) is 13.9. The molecule has 1 N–H and O–H groups in total. The van der Waals surface area contributed by atoms with Crippen LogP contribution in [-0.4, -0.2) is 40.8 Å². The minimum Gasteiger partial charge on any atom is -0.481 e. The summed E-state index contributed by atoms with van der Waals surface area (Å²) in [5, 5.41) is 8.81. The third-order valence-electron chi connectivity index (χ3n) is 3.17. The number of carbonyl (C=O) groups is 2. The number of aliphatic carboxylic acids is 1. The first-order valence-electron chi connectivity index (χ1n) is 6.39. The molecule has 1 saturated heterocycles. The van der Waals surface area contributed by atoms with Crippen LogP contribution in [0.2, 0.25) is 0 Å². The average Bonchev–Trinajstić information content (AvgIpc) is 2.17. The largest absolute Gasteiger partial charge is 0.481 e. The Balaban J connectivity index is 2.50. The minimum atomic E-state index is -0.766. The van der Waals surface area contributed by atoms with E-state index in [9.17, 15) is 9.59 Å². The summed E-state index contributed by atoms with van der Waals surface area (Å²) in [5.41, 5.74) is -0.488. The number of ether oxygens (including phenoxy) is 1. The summed E-state index contributed by atoms with van der Waals surface area (Å²) < 4.78 is 5.31. The molecule has 1 aliphatic heterocycles. The summed E-state index contributed by atoms with van der Waals surface area (Å²) in [6, 6.07) is 0. The standard InChI is InChI=1S/C13H23NO4/c1-9-8-14(12(17)18-13(2,3)4)6-5-10(9)7-11(15)16/h9-10H,5-8H2,1-4H3,(H,15,16). The van der Waals surface area contributed by atoms with Crippen molar-refractivity contribution >= 4 is 12.1 Å². The van der Waals surface area contributed by atoms with Gasteiger partial charge in [-0.05, 0) is 39.0 Å². The lowest BCUT2D eigenvalue weighted by Gasteiger charge is -2.37. The summed E-state index contributed by atoms with van der Waals surface area (Å²) in [7, 11) is 0. The molecule has 0 spiro atoms. The summed E-state index contributed by atoms with van der Waals surface area (Å²) in [6.45, 7) is 8.66. The lowest BCUT2D eigenvalue weighted by atomic mass is 9.84. The molecule has 1 fully saturated rings. The zero-order valence-corrected chi connectivity index (χ0v) is 11.6. The lowest BCUT2D eigenvalue weighted by molar-refractivity contribution is -0.138. The van der Waals surface area contributed by atoms with Gasteiger partial charge in [-0.1, -0.05) is 6.92 Å². The molecule has 2 unspecified atom stereocenters. The van der Waals surface area contributed by atoms with Gasteiger partial charge in [0.25, 0.3) is 0 Å². The molecule has 0 bridgehead atoms. The van der Waals surface area contributed by atoms with Crippen LogP contribution >= 0.6 is 0 Å². The van der Waals surface area contributed by atoms with Gasteiger partial charge in [0.2, 0.25) is 0 Å². The van der Waals surface area contributed by atoms with Gasteiger partial charge in [0.15, 0.2) is 0 Å². The highest BCUT2D eigenvalue weighted by atomic mass is 16.6. The molecule has 1 rings (SSSR count). The van der Waals surface area contributed by atoms with Crippen LogP contribution in [0, 0.1) is 11.8 Å². The van der Waals surface area contributed by atoms with E-state index in [0.717, 1.165) is 6.42 Å². The van der Waals surface area contributed by atoms with Crippen LogP contribution in [0.15, 0.2) is 0 Å². The van der Waals surface area contributed by atoms with Crippen LogP contribution in [0.4, 0.5) is 4.79 Å². The molecular weight excluding hydrogens is 234 g/mol. The highest BCUT2D eigenvalue weighted by molar-refractivity contribution is 5.69. The third-order valence-corrected chi connectivity index (χ3v) is 3.17. The molecule has 0 aromatic carbocycles. The maximum Gasteiger partial charge on any atom is 0.410 e. The van der Waals surface area contributed by atoms with Gasteiger partial charge in [-0.15, -0.1) is 0 Å². The first kappa shape index (κ1) is 14.8. The molecule has 0 aromatic rings. The Bertz CT molecular complexity index is 321. The topological polar surface area (TPSA) is 66.8 Å². The second-order valence-electron chi connectivity index (χ2n) is 6.05. The Morgan fingerprint density at radius 3 is 2.44 bits per heavy atom. The number of likely N-dealkylation sites (tertiary alicyclic amines) is 1. The number of hydrogen-bond donors (Lipinski definition) is 1. The molecular formula is C13H23NO4. The number of carboxylic acids is 1. The van der Waals surface area contributed by atoms with Crippen LogP contribution < -0.4 is 0 Å². The molecule has 0 radical (unpaired) electrons. The highest BCUT2D eigenvalue weighted by Gasteiger charge is 2.32. The lowest BCUT2D eigenvalue weighted by Crippen LogP contribution is -2.45. The fraction of sp³-hybridized carbons (Fsp3) is 0.846. The van der Waals surface area contributed by atoms with Gasteiger partial charge in [-0.25, -0.2) is 4.79 Å². The Morgan fingerprint density at radius 2 is 2.00 bits per heavy atom. The minimum absolute atomic E-state index is 0.154. The highest BCUT2D eigenvalue weighted by Crippen LogP contribution is 2.27. The number of nitrogens with zero attached hydrogens (tertiary/aromatic N) is 1. The van der Waals surface area contributed by atoms with Gasteiger partial charge >= 0.3 is 12.1 Å². The number of rotatable bonds is 2. The van der Waals surface area contributed by atoms with Crippen molar-refractivity contribution in [2.45, 2.75) is 46.1 Å². The van der Waals surface area contributed by atoms with E-state index in [1.807, 2.05) is 27.7 Å². The number of carbonyl (C=O) groups excluding carboxylic acids is 1. The molecule has 1 heterocycles. The van der Waals surface area contributed by atoms with E-state index in [0.29, 0.717) is 13.1 Å².